The van der Waals surface area contributed by atoms with Crippen LogP contribution in [-0.2, 0) is 17.8 Å². The maximum absolute atomic E-state index is 13.0. The summed E-state index contributed by atoms with van der Waals surface area (Å²) in [7, 11) is 3.27. The van der Waals surface area contributed by atoms with Crippen molar-refractivity contribution in [1.29, 1.82) is 0 Å². The third-order valence-electron chi connectivity index (χ3n) is 5.91. The van der Waals surface area contributed by atoms with Gasteiger partial charge in [0.1, 0.15) is 0 Å². The van der Waals surface area contributed by atoms with E-state index in [4.69, 9.17) is 9.47 Å². The summed E-state index contributed by atoms with van der Waals surface area (Å²) in [6.45, 7) is 1.27. The largest absolute Gasteiger partial charge is 0.493 e. The van der Waals surface area contributed by atoms with E-state index >= 15 is 0 Å². The van der Waals surface area contributed by atoms with Crippen LogP contribution < -0.4 is 9.47 Å². The van der Waals surface area contributed by atoms with Crippen molar-refractivity contribution >= 4 is 17.7 Å². The van der Waals surface area contributed by atoms with Gasteiger partial charge in [-0.25, -0.2) is 0 Å². The average molecular weight is 452 g/mol. The number of amides is 1. The lowest BCUT2D eigenvalue weighted by atomic mass is 9.99. The number of rotatable bonds is 7. The van der Waals surface area contributed by atoms with Crippen LogP contribution in [0.5, 0.6) is 11.5 Å². The van der Waals surface area contributed by atoms with E-state index in [1.54, 1.807) is 26.6 Å². The van der Waals surface area contributed by atoms with Crippen molar-refractivity contribution in [3.05, 3.63) is 47.8 Å². The Morgan fingerprint density at radius 2 is 1.81 bits per heavy atom. The highest BCUT2D eigenvalue weighted by Crippen LogP contribution is 2.41. The third-order valence-corrected chi connectivity index (χ3v) is 6.84. The molecule has 1 aliphatic carbocycles. The van der Waals surface area contributed by atoms with Crippen molar-refractivity contribution in [3.8, 4) is 22.9 Å². The van der Waals surface area contributed by atoms with Crippen LogP contribution in [0, 0.1) is 0 Å². The number of hydrogen-bond acceptors (Lipinski definition) is 7. The summed E-state index contributed by atoms with van der Waals surface area (Å²) in [5.74, 6) is 2.70. The Balaban J connectivity index is 1.29. The Kier molecular flexibility index (Phi) is 5.73. The highest BCUT2D eigenvalue weighted by atomic mass is 32.2. The first-order valence-electron chi connectivity index (χ1n) is 10.7. The Labute approximate surface area is 191 Å². The molecule has 1 fully saturated rings. The van der Waals surface area contributed by atoms with Gasteiger partial charge in [-0.05, 0) is 54.7 Å². The molecule has 32 heavy (non-hydrogen) atoms. The number of nitrogens with zero attached hydrogens (tertiary/aromatic N) is 5. The van der Waals surface area contributed by atoms with Gasteiger partial charge in [0, 0.05) is 37.1 Å². The molecule has 1 aromatic carbocycles. The number of pyridine rings is 1. The number of thioether (sulfide) groups is 1. The van der Waals surface area contributed by atoms with Crippen molar-refractivity contribution in [2.24, 2.45) is 0 Å². The highest BCUT2D eigenvalue weighted by molar-refractivity contribution is 7.99. The van der Waals surface area contributed by atoms with Gasteiger partial charge in [-0.2, -0.15) is 0 Å². The lowest BCUT2D eigenvalue weighted by molar-refractivity contribution is -0.129. The van der Waals surface area contributed by atoms with Gasteiger partial charge in [-0.15, -0.1) is 10.2 Å². The molecule has 166 valence electrons. The highest BCUT2D eigenvalue weighted by Gasteiger charge is 2.31. The second-order valence-electron chi connectivity index (χ2n) is 7.97. The molecule has 3 aromatic rings. The molecule has 0 radical (unpaired) electrons. The minimum atomic E-state index is 0.103. The normalized spacial score (nSPS) is 15.4. The van der Waals surface area contributed by atoms with Crippen molar-refractivity contribution in [3.63, 3.8) is 0 Å². The molecule has 2 aromatic heterocycles. The molecule has 0 saturated heterocycles. The quantitative estimate of drug-likeness (QED) is 0.509. The third kappa shape index (κ3) is 4.04. The van der Waals surface area contributed by atoms with Gasteiger partial charge in [-0.3, -0.25) is 14.3 Å². The zero-order valence-electron chi connectivity index (χ0n) is 18.2. The lowest BCUT2D eigenvalue weighted by Gasteiger charge is -2.29. The van der Waals surface area contributed by atoms with E-state index in [0.29, 0.717) is 30.6 Å². The summed E-state index contributed by atoms with van der Waals surface area (Å²) in [6.07, 6.45) is 6.56. The molecular formula is C23H25N5O3S. The fourth-order valence-corrected chi connectivity index (χ4v) is 4.96. The van der Waals surface area contributed by atoms with Crippen LogP contribution >= 0.6 is 11.8 Å². The molecule has 0 spiro atoms. The molecule has 0 N–H and O–H groups in total. The number of benzene rings is 1. The Bertz CT molecular complexity index is 1130. The predicted octanol–water partition coefficient (Wildman–Crippen LogP) is 3.37. The minimum absolute atomic E-state index is 0.103. The second kappa shape index (κ2) is 8.82. The van der Waals surface area contributed by atoms with Gasteiger partial charge < -0.3 is 14.4 Å². The first kappa shape index (κ1) is 20.8. The van der Waals surface area contributed by atoms with Gasteiger partial charge in [0.15, 0.2) is 22.5 Å². The fourth-order valence-electron chi connectivity index (χ4n) is 4.05. The van der Waals surface area contributed by atoms with Crippen molar-refractivity contribution < 1.29 is 14.3 Å². The van der Waals surface area contributed by atoms with Crippen LogP contribution in [-0.4, -0.2) is 57.1 Å². The molecule has 0 atom stereocenters. The molecule has 1 amide bonds. The molecule has 8 nitrogen and oxygen atoms in total. The molecule has 0 bridgehead atoms. The zero-order valence-corrected chi connectivity index (χ0v) is 19.0. The van der Waals surface area contributed by atoms with Crippen LogP contribution in [0.1, 0.15) is 30.0 Å². The average Bonchev–Trinajstić information content (AvgIpc) is 3.60. The number of carbonyl (C=O) groups is 1. The molecule has 2 aliphatic rings. The first-order valence-corrected chi connectivity index (χ1v) is 11.7. The topological polar surface area (TPSA) is 82.4 Å². The predicted molar refractivity (Wildman–Crippen MR) is 121 cm³/mol. The van der Waals surface area contributed by atoms with Gasteiger partial charge >= 0.3 is 0 Å². The van der Waals surface area contributed by atoms with E-state index in [9.17, 15) is 4.79 Å². The van der Waals surface area contributed by atoms with Crippen molar-refractivity contribution in [2.45, 2.75) is 37.0 Å². The smallest absolute Gasteiger partial charge is 0.233 e. The molecule has 3 heterocycles. The second-order valence-corrected chi connectivity index (χ2v) is 8.92. The van der Waals surface area contributed by atoms with Gasteiger partial charge in [0.2, 0.25) is 5.91 Å². The monoisotopic (exact) mass is 451 g/mol. The zero-order chi connectivity index (χ0) is 22.1. The Morgan fingerprint density at radius 1 is 1.09 bits per heavy atom. The van der Waals surface area contributed by atoms with Gasteiger partial charge in [0.05, 0.1) is 20.0 Å². The van der Waals surface area contributed by atoms with E-state index in [1.165, 1.54) is 17.3 Å². The van der Waals surface area contributed by atoms with Crippen LogP contribution in [0.4, 0.5) is 0 Å². The van der Waals surface area contributed by atoms with E-state index in [1.807, 2.05) is 29.2 Å². The number of ether oxygens (including phenoxy) is 2. The molecule has 0 unspecified atom stereocenters. The summed E-state index contributed by atoms with van der Waals surface area (Å²) in [6, 6.07) is 8.29. The van der Waals surface area contributed by atoms with E-state index in [2.05, 4.69) is 19.7 Å². The summed E-state index contributed by atoms with van der Waals surface area (Å²) in [5, 5.41) is 9.62. The molecule has 1 aliphatic heterocycles. The summed E-state index contributed by atoms with van der Waals surface area (Å²) >= 11 is 1.47. The SMILES string of the molecule is COc1cc2c(cc1OC)CN(C(=O)CSc1nnc(-c3ccncc3)n1C1CC1)CC2. The van der Waals surface area contributed by atoms with Gasteiger partial charge in [0.25, 0.3) is 0 Å². The Hall–Kier alpha value is -3.07. The fraction of sp³-hybridized carbons (Fsp3) is 0.391. The maximum atomic E-state index is 13.0. The Morgan fingerprint density at radius 3 is 2.50 bits per heavy atom. The van der Waals surface area contributed by atoms with E-state index in [0.717, 1.165) is 47.1 Å². The van der Waals surface area contributed by atoms with Crippen molar-refractivity contribution in [1.82, 2.24) is 24.6 Å². The summed E-state index contributed by atoms with van der Waals surface area (Å²) < 4.78 is 13.0. The summed E-state index contributed by atoms with van der Waals surface area (Å²) in [5.41, 5.74) is 3.30. The van der Waals surface area contributed by atoms with Crippen LogP contribution in [0.2, 0.25) is 0 Å². The molecule has 5 rings (SSSR count). The number of carbonyl (C=O) groups excluding carboxylic acids is 1. The van der Waals surface area contributed by atoms with Crippen LogP contribution in [0.15, 0.2) is 41.8 Å². The number of fused-ring (bicyclic) bond motifs is 1. The molecule has 1 saturated carbocycles. The summed E-state index contributed by atoms with van der Waals surface area (Å²) in [4.78, 5) is 19.0. The van der Waals surface area contributed by atoms with Gasteiger partial charge in [-0.1, -0.05) is 11.8 Å². The first-order chi connectivity index (χ1) is 15.7. The maximum Gasteiger partial charge on any atom is 0.233 e. The number of methoxy groups -OCH3 is 2. The van der Waals surface area contributed by atoms with Crippen molar-refractivity contribution in [2.75, 3.05) is 26.5 Å². The molecular weight excluding hydrogens is 426 g/mol. The van der Waals surface area contributed by atoms with E-state index in [-0.39, 0.29) is 5.91 Å². The molecule has 9 heteroatoms. The standard InChI is InChI=1S/C23H25N5O3S/c1-30-19-11-16-7-10-27(13-17(16)12-20(19)31-2)21(29)14-32-23-26-25-22(28(23)18-3-4-18)15-5-8-24-9-6-15/h5-6,8-9,11-12,18H,3-4,7,10,13-14H2,1-2H3. The minimum Gasteiger partial charge on any atom is -0.493 e. The van der Waals surface area contributed by atoms with E-state index < -0.39 is 0 Å². The van der Waals surface area contributed by atoms with Crippen LogP contribution in [0.25, 0.3) is 11.4 Å². The number of hydrogen-bond donors (Lipinski definition) is 0. The van der Waals surface area contributed by atoms with Crippen LogP contribution in [0.3, 0.4) is 0 Å². The lowest BCUT2D eigenvalue weighted by Crippen LogP contribution is -2.37. The number of aromatic nitrogens is 4.